The zero-order valence-electron chi connectivity index (χ0n) is 7.68. The lowest BCUT2D eigenvalue weighted by atomic mass is 10.1. The molecule has 0 saturated carbocycles. The predicted molar refractivity (Wildman–Crippen MR) is 52.0 cm³/mol. The molecule has 3 N–H and O–H groups in total. The molecule has 1 aromatic rings. The summed E-state index contributed by atoms with van der Waals surface area (Å²) in [6.07, 6.45) is -0.278. The summed E-state index contributed by atoms with van der Waals surface area (Å²) >= 11 is 4.80. The Kier molecular flexibility index (Phi) is 3.96. The van der Waals surface area contributed by atoms with E-state index in [9.17, 15) is 13.2 Å². The van der Waals surface area contributed by atoms with Crippen LogP contribution in [0.3, 0.4) is 0 Å². The number of nitrogens with two attached hydrogens (primary N) is 1. The van der Waals surface area contributed by atoms with Crippen LogP contribution in [-0.4, -0.2) is 11.4 Å². The molecule has 2 nitrogen and oxygen atoms in total. The van der Waals surface area contributed by atoms with Crippen LogP contribution in [0.5, 0.6) is 0 Å². The molecular weight excluding hydrogens is 229 g/mol. The first-order valence-electron chi connectivity index (χ1n) is 4.21. The normalized spacial score (nSPS) is 13.9. The van der Waals surface area contributed by atoms with Gasteiger partial charge in [-0.2, -0.15) is 8.78 Å². The quantitative estimate of drug-likeness (QED) is 0.479. The second-order valence-corrected chi connectivity index (χ2v) is 3.56. The van der Waals surface area contributed by atoms with Gasteiger partial charge in [0.2, 0.25) is 0 Å². The fraction of sp³-hybridized carbons (Fsp3) is 0.333. The second-order valence-electron chi connectivity index (χ2n) is 3.06. The van der Waals surface area contributed by atoms with Crippen LogP contribution in [0.25, 0.3) is 0 Å². The first-order valence-corrected chi connectivity index (χ1v) is 4.59. The summed E-state index contributed by atoms with van der Waals surface area (Å²) in [5, 5.41) is -3.52. The molecule has 0 fully saturated rings. The molecule has 84 valence electrons. The Labute approximate surface area is 90.2 Å². The van der Waals surface area contributed by atoms with Crippen LogP contribution in [0, 0.1) is 5.82 Å². The summed E-state index contributed by atoms with van der Waals surface area (Å²) in [7, 11) is 0. The third-order valence-corrected chi connectivity index (χ3v) is 2.24. The van der Waals surface area contributed by atoms with E-state index in [-0.39, 0.29) is 12.0 Å². The van der Waals surface area contributed by atoms with Crippen molar-refractivity contribution in [2.75, 3.05) is 0 Å². The second kappa shape index (κ2) is 4.83. The molecule has 15 heavy (non-hydrogen) atoms. The third kappa shape index (κ3) is 3.37. The number of hydrogen-bond acceptors (Lipinski definition) is 2. The van der Waals surface area contributed by atoms with Gasteiger partial charge >= 0.3 is 5.38 Å². The van der Waals surface area contributed by atoms with Crippen molar-refractivity contribution >= 4 is 11.6 Å². The van der Waals surface area contributed by atoms with Crippen LogP contribution in [0.1, 0.15) is 5.56 Å². The first kappa shape index (κ1) is 12.3. The molecule has 0 aliphatic rings. The fourth-order valence-electron chi connectivity index (χ4n) is 1.15. The Balaban J connectivity index is 2.80. The number of benzene rings is 1. The molecule has 0 radical (unpaired) electrons. The topological polar surface area (TPSA) is 38.0 Å². The van der Waals surface area contributed by atoms with Gasteiger partial charge in [-0.3, -0.25) is 5.84 Å². The lowest BCUT2D eigenvalue weighted by molar-refractivity contribution is 0.0500. The molecule has 0 bridgehead atoms. The van der Waals surface area contributed by atoms with Gasteiger partial charge in [0.1, 0.15) is 11.9 Å². The Hall–Kier alpha value is -0.780. The van der Waals surface area contributed by atoms with Crippen molar-refractivity contribution in [1.29, 1.82) is 0 Å². The zero-order chi connectivity index (χ0) is 11.5. The first-order chi connectivity index (χ1) is 6.95. The van der Waals surface area contributed by atoms with Crippen molar-refractivity contribution < 1.29 is 13.2 Å². The average molecular weight is 239 g/mol. The van der Waals surface area contributed by atoms with Crippen LogP contribution < -0.4 is 11.3 Å². The van der Waals surface area contributed by atoms with Crippen molar-refractivity contribution in [1.82, 2.24) is 5.43 Å². The smallest absolute Gasteiger partial charge is 0.271 e. The van der Waals surface area contributed by atoms with E-state index < -0.39 is 17.2 Å². The van der Waals surface area contributed by atoms with Crippen molar-refractivity contribution in [2.24, 2.45) is 5.84 Å². The molecule has 0 aromatic heterocycles. The molecular formula is C9H10ClF3N2. The minimum Gasteiger partial charge on any atom is -0.271 e. The van der Waals surface area contributed by atoms with Gasteiger partial charge in [-0.1, -0.05) is 18.2 Å². The summed E-state index contributed by atoms with van der Waals surface area (Å²) in [6.45, 7) is 0. The third-order valence-electron chi connectivity index (χ3n) is 1.98. The van der Waals surface area contributed by atoms with Gasteiger partial charge in [0.05, 0.1) is 0 Å². The highest BCUT2D eigenvalue weighted by Crippen LogP contribution is 2.26. The fourth-order valence-corrected chi connectivity index (χ4v) is 1.29. The van der Waals surface area contributed by atoms with E-state index in [4.69, 9.17) is 17.4 Å². The van der Waals surface area contributed by atoms with Crippen molar-refractivity contribution in [3.8, 4) is 0 Å². The monoisotopic (exact) mass is 238 g/mol. The van der Waals surface area contributed by atoms with Crippen molar-refractivity contribution in [3.05, 3.63) is 35.6 Å². The molecule has 6 heteroatoms. The molecule has 0 amide bonds. The highest BCUT2D eigenvalue weighted by Gasteiger charge is 2.36. The Bertz CT molecular complexity index is 327. The minimum absolute atomic E-state index is 0.140. The summed E-state index contributed by atoms with van der Waals surface area (Å²) < 4.78 is 38.5. The Morgan fingerprint density at radius 3 is 2.47 bits per heavy atom. The molecule has 0 heterocycles. The van der Waals surface area contributed by atoms with E-state index in [0.29, 0.717) is 0 Å². The van der Waals surface area contributed by atoms with Crippen LogP contribution >= 0.6 is 11.6 Å². The average Bonchev–Trinajstić information content (AvgIpc) is 2.14. The van der Waals surface area contributed by atoms with Gasteiger partial charge in [-0.05, 0) is 29.7 Å². The van der Waals surface area contributed by atoms with E-state index in [0.717, 1.165) is 0 Å². The van der Waals surface area contributed by atoms with Gasteiger partial charge < -0.3 is 0 Å². The van der Waals surface area contributed by atoms with E-state index in [1.54, 1.807) is 6.07 Å². The number of hydrogen-bond donors (Lipinski definition) is 2. The largest absolute Gasteiger partial charge is 0.338 e. The molecule has 1 atom stereocenters. The lowest BCUT2D eigenvalue weighted by Crippen LogP contribution is -2.47. The molecule has 1 aromatic carbocycles. The van der Waals surface area contributed by atoms with Gasteiger partial charge in [0, 0.05) is 0 Å². The molecule has 1 rings (SSSR count). The molecule has 0 aliphatic heterocycles. The minimum atomic E-state index is -3.52. The highest BCUT2D eigenvalue weighted by atomic mass is 35.5. The lowest BCUT2D eigenvalue weighted by Gasteiger charge is -2.20. The summed E-state index contributed by atoms with van der Waals surface area (Å²) in [5.74, 6) is 4.36. The number of hydrazine groups is 1. The van der Waals surface area contributed by atoms with E-state index in [1.165, 1.54) is 18.2 Å². The zero-order valence-corrected chi connectivity index (χ0v) is 8.44. The molecule has 0 aliphatic carbocycles. The van der Waals surface area contributed by atoms with Crippen molar-refractivity contribution in [3.63, 3.8) is 0 Å². The molecule has 1 unspecified atom stereocenters. The van der Waals surface area contributed by atoms with Crippen LogP contribution in [0.2, 0.25) is 0 Å². The van der Waals surface area contributed by atoms with Gasteiger partial charge in [-0.25, -0.2) is 9.82 Å². The maximum Gasteiger partial charge on any atom is 0.338 e. The van der Waals surface area contributed by atoms with Gasteiger partial charge in [0.15, 0.2) is 0 Å². The maximum atomic E-state index is 13.1. The van der Waals surface area contributed by atoms with E-state index in [2.05, 4.69) is 0 Å². The highest BCUT2D eigenvalue weighted by molar-refractivity contribution is 6.22. The maximum absolute atomic E-state index is 13.1. The molecule has 0 spiro atoms. The van der Waals surface area contributed by atoms with E-state index >= 15 is 0 Å². The van der Waals surface area contributed by atoms with E-state index in [1.807, 2.05) is 5.43 Å². The summed E-state index contributed by atoms with van der Waals surface area (Å²) in [6, 6.07) is 4.12. The van der Waals surface area contributed by atoms with Crippen LogP contribution in [0.4, 0.5) is 13.2 Å². The van der Waals surface area contributed by atoms with Crippen LogP contribution in [-0.2, 0) is 6.42 Å². The Morgan fingerprint density at radius 1 is 1.40 bits per heavy atom. The summed E-state index contributed by atoms with van der Waals surface area (Å²) in [5.41, 5.74) is 2.01. The summed E-state index contributed by atoms with van der Waals surface area (Å²) in [4.78, 5) is 0. The number of rotatable bonds is 4. The number of halogens is 4. The predicted octanol–water partition coefficient (Wildman–Crippen LogP) is 2.03. The number of nitrogens with one attached hydrogen (secondary N) is 1. The standard InChI is InChI=1S/C9H10ClF3N2/c10-9(12,13)8(15-14)5-6-3-1-2-4-7(6)11/h1-4,8,15H,5,14H2. The van der Waals surface area contributed by atoms with Crippen molar-refractivity contribution in [2.45, 2.75) is 17.8 Å². The van der Waals surface area contributed by atoms with Gasteiger partial charge in [-0.15, -0.1) is 0 Å². The Morgan fingerprint density at radius 2 is 2.00 bits per heavy atom. The van der Waals surface area contributed by atoms with Gasteiger partial charge in [0.25, 0.3) is 0 Å². The number of alkyl halides is 3. The SMILES string of the molecule is NNC(Cc1ccccc1F)C(F)(F)Cl. The molecule has 0 saturated heterocycles. The van der Waals surface area contributed by atoms with Crippen LogP contribution in [0.15, 0.2) is 24.3 Å².